The standard InChI is InChI=1S/C16H13NO4/c18-14(9-15(19)16(20)21)13-5-1-3-11(8-13)7-12-4-2-6-17-10-12/h1-6,8,10H,7,9H2,(H,20,21). The molecule has 5 heteroatoms. The van der Waals surface area contributed by atoms with E-state index in [0.29, 0.717) is 12.0 Å². The summed E-state index contributed by atoms with van der Waals surface area (Å²) >= 11 is 0. The van der Waals surface area contributed by atoms with Crippen LogP contribution in [0.3, 0.4) is 0 Å². The van der Waals surface area contributed by atoms with Crippen molar-refractivity contribution >= 4 is 17.5 Å². The number of nitrogens with zero attached hydrogens (tertiary/aromatic N) is 1. The SMILES string of the molecule is O=C(O)C(=O)CC(=O)c1cccc(Cc2cccnc2)c1. The third kappa shape index (κ3) is 4.07. The summed E-state index contributed by atoms with van der Waals surface area (Å²) in [4.78, 5) is 37.4. The maximum atomic E-state index is 11.9. The van der Waals surface area contributed by atoms with Crippen LogP contribution >= 0.6 is 0 Å². The smallest absolute Gasteiger partial charge is 0.372 e. The molecule has 0 fully saturated rings. The lowest BCUT2D eigenvalue weighted by atomic mass is 10.00. The van der Waals surface area contributed by atoms with E-state index in [9.17, 15) is 14.4 Å². The molecule has 2 rings (SSSR count). The van der Waals surface area contributed by atoms with Gasteiger partial charge in [-0.25, -0.2) is 4.79 Å². The van der Waals surface area contributed by atoms with Gasteiger partial charge in [0.2, 0.25) is 5.78 Å². The number of aliphatic carboxylic acids is 1. The first-order valence-electron chi connectivity index (χ1n) is 6.33. The molecule has 0 saturated heterocycles. The fourth-order valence-electron chi connectivity index (χ4n) is 1.92. The van der Waals surface area contributed by atoms with Gasteiger partial charge in [0.05, 0.1) is 6.42 Å². The van der Waals surface area contributed by atoms with Gasteiger partial charge in [0.1, 0.15) is 0 Å². The Morgan fingerprint density at radius 1 is 1.05 bits per heavy atom. The minimum atomic E-state index is -1.59. The fourth-order valence-corrected chi connectivity index (χ4v) is 1.92. The number of carbonyl (C=O) groups excluding carboxylic acids is 2. The highest BCUT2D eigenvalue weighted by molar-refractivity contribution is 6.37. The van der Waals surface area contributed by atoms with Crippen molar-refractivity contribution in [1.29, 1.82) is 0 Å². The lowest BCUT2D eigenvalue weighted by Gasteiger charge is -2.04. The van der Waals surface area contributed by atoms with Crippen LogP contribution < -0.4 is 0 Å². The molecule has 0 aliphatic heterocycles. The highest BCUT2D eigenvalue weighted by Gasteiger charge is 2.17. The summed E-state index contributed by atoms with van der Waals surface area (Å²) in [6.45, 7) is 0. The molecule has 0 unspecified atom stereocenters. The molecule has 0 bridgehead atoms. The molecule has 0 atom stereocenters. The Hall–Kier alpha value is -2.82. The van der Waals surface area contributed by atoms with Crippen LogP contribution in [-0.4, -0.2) is 27.6 Å². The quantitative estimate of drug-likeness (QED) is 0.497. The predicted molar refractivity (Wildman–Crippen MR) is 75.1 cm³/mol. The van der Waals surface area contributed by atoms with Gasteiger partial charge in [-0.05, 0) is 29.7 Å². The number of carbonyl (C=O) groups is 3. The Balaban J connectivity index is 2.12. The average Bonchev–Trinajstić information content (AvgIpc) is 2.48. The van der Waals surface area contributed by atoms with Crippen molar-refractivity contribution in [2.75, 3.05) is 0 Å². The van der Waals surface area contributed by atoms with Gasteiger partial charge < -0.3 is 5.11 Å². The van der Waals surface area contributed by atoms with E-state index >= 15 is 0 Å². The van der Waals surface area contributed by atoms with Gasteiger partial charge in [0.15, 0.2) is 5.78 Å². The second-order valence-corrected chi connectivity index (χ2v) is 4.57. The van der Waals surface area contributed by atoms with Gasteiger partial charge in [-0.2, -0.15) is 0 Å². The lowest BCUT2D eigenvalue weighted by molar-refractivity contribution is -0.148. The Labute approximate surface area is 121 Å². The Bertz CT molecular complexity index is 680. The van der Waals surface area contributed by atoms with E-state index in [1.165, 1.54) is 0 Å². The van der Waals surface area contributed by atoms with Crippen molar-refractivity contribution < 1.29 is 19.5 Å². The molecule has 0 saturated carbocycles. The Morgan fingerprint density at radius 3 is 2.48 bits per heavy atom. The molecule has 1 N–H and O–H groups in total. The summed E-state index contributed by atoms with van der Waals surface area (Å²) in [5, 5.41) is 8.52. The molecular formula is C16H13NO4. The van der Waals surface area contributed by atoms with Crippen LogP contribution in [0.15, 0.2) is 48.8 Å². The highest BCUT2D eigenvalue weighted by Crippen LogP contribution is 2.12. The number of benzene rings is 1. The summed E-state index contributed by atoms with van der Waals surface area (Å²) in [6, 6.07) is 10.6. The van der Waals surface area contributed by atoms with Crippen molar-refractivity contribution in [1.82, 2.24) is 4.98 Å². The van der Waals surface area contributed by atoms with Gasteiger partial charge in [0, 0.05) is 18.0 Å². The van der Waals surface area contributed by atoms with Crippen molar-refractivity contribution in [3.63, 3.8) is 0 Å². The Kier molecular flexibility index (Phi) is 4.56. The van der Waals surface area contributed by atoms with Gasteiger partial charge in [-0.1, -0.05) is 24.3 Å². The number of carboxylic acids is 1. The molecule has 21 heavy (non-hydrogen) atoms. The number of carboxylic acid groups (broad SMARTS) is 1. The molecular weight excluding hydrogens is 270 g/mol. The second-order valence-electron chi connectivity index (χ2n) is 4.57. The third-order valence-electron chi connectivity index (χ3n) is 2.94. The number of Topliss-reactive ketones (excluding diaryl/α,β-unsaturated/α-hetero) is 2. The van der Waals surface area contributed by atoms with Gasteiger partial charge in [0.25, 0.3) is 0 Å². The van der Waals surface area contributed by atoms with E-state index in [1.807, 2.05) is 18.2 Å². The van der Waals surface area contributed by atoms with Crippen LogP contribution in [0.25, 0.3) is 0 Å². The number of hydrogen-bond acceptors (Lipinski definition) is 4. The molecule has 106 valence electrons. The molecule has 2 aromatic rings. The zero-order valence-electron chi connectivity index (χ0n) is 11.2. The van der Waals surface area contributed by atoms with Crippen molar-refractivity contribution in [3.05, 3.63) is 65.5 Å². The van der Waals surface area contributed by atoms with Gasteiger partial charge in [-0.3, -0.25) is 14.6 Å². The number of aromatic nitrogens is 1. The van der Waals surface area contributed by atoms with Crippen LogP contribution in [0.4, 0.5) is 0 Å². The maximum Gasteiger partial charge on any atom is 0.372 e. The molecule has 0 spiro atoms. The first-order valence-corrected chi connectivity index (χ1v) is 6.33. The van der Waals surface area contributed by atoms with E-state index in [4.69, 9.17) is 5.11 Å². The number of hydrogen-bond donors (Lipinski definition) is 1. The van der Waals surface area contributed by atoms with E-state index < -0.39 is 24.0 Å². The molecule has 0 amide bonds. The van der Waals surface area contributed by atoms with E-state index in [2.05, 4.69) is 4.98 Å². The van der Waals surface area contributed by atoms with E-state index in [-0.39, 0.29) is 0 Å². The number of ketones is 2. The molecule has 0 radical (unpaired) electrons. The number of rotatable bonds is 6. The fraction of sp³-hybridized carbons (Fsp3) is 0.125. The largest absolute Gasteiger partial charge is 0.475 e. The second kappa shape index (κ2) is 6.56. The van der Waals surface area contributed by atoms with Gasteiger partial charge >= 0.3 is 5.97 Å². The molecule has 5 nitrogen and oxygen atoms in total. The van der Waals surface area contributed by atoms with Gasteiger partial charge in [-0.15, -0.1) is 0 Å². The van der Waals surface area contributed by atoms with Crippen molar-refractivity contribution in [2.24, 2.45) is 0 Å². The van der Waals surface area contributed by atoms with Crippen LogP contribution in [-0.2, 0) is 16.0 Å². The summed E-state index contributed by atoms with van der Waals surface area (Å²) in [5.74, 6) is -3.18. The summed E-state index contributed by atoms with van der Waals surface area (Å²) < 4.78 is 0. The first kappa shape index (κ1) is 14.6. The molecule has 1 heterocycles. The van der Waals surface area contributed by atoms with Crippen LogP contribution in [0.5, 0.6) is 0 Å². The van der Waals surface area contributed by atoms with Crippen molar-refractivity contribution in [3.8, 4) is 0 Å². The van der Waals surface area contributed by atoms with Crippen LogP contribution in [0.2, 0.25) is 0 Å². The van der Waals surface area contributed by atoms with Crippen molar-refractivity contribution in [2.45, 2.75) is 12.8 Å². The third-order valence-corrected chi connectivity index (χ3v) is 2.94. The average molecular weight is 283 g/mol. The molecule has 0 aliphatic rings. The van der Waals surface area contributed by atoms with E-state index in [1.54, 1.807) is 30.6 Å². The molecule has 0 aliphatic carbocycles. The zero-order chi connectivity index (χ0) is 15.2. The summed E-state index contributed by atoms with van der Waals surface area (Å²) in [5.41, 5.74) is 2.24. The maximum absolute atomic E-state index is 11.9. The van der Waals surface area contributed by atoms with E-state index in [0.717, 1.165) is 11.1 Å². The molecule has 1 aromatic carbocycles. The van der Waals surface area contributed by atoms with Crippen LogP contribution in [0.1, 0.15) is 27.9 Å². The monoisotopic (exact) mass is 283 g/mol. The summed E-state index contributed by atoms with van der Waals surface area (Å²) in [6.07, 6.45) is 3.41. The zero-order valence-corrected chi connectivity index (χ0v) is 11.2. The number of pyridine rings is 1. The Morgan fingerprint density at radius 2 is 1.81 bits per heavy atom. The predicted octanol–water partition coefficient (Wildman–Crippen LogP) is 1.90. The normalized spacial score (nSPS) is 10.1. The first-order chi connectivity index (χ1) is 10.1. The molecule has 1 aromatic heterocycles. The van der Waals surface area contributed by atoms with Crippen LogP contribution in [0, 0.1) is 0 Å². The summed E-state index contributed by atoms with van der Waals surface area (Å²) in [7, 11) is 0. The minimum Gasteiger partial charge on any atom is -0.475 e. The topological polar surface area (TPSA) is 84.3 Å². The lowest BCUT2D eigenvalue weighted by Crippen LogP contribution is -2.17. The minimum absolute atomic E-state index is 0.339. The highest BCUT2D eigenvalue weighted by atomic mass is 16.4.